The van der Waals surface area contributed by atoms with Crippen LogP contribution in [0.25, 0.3) is 5.69 Å². The van der Waals surface area contributed by atoms with Crippen LogP contribution in [0.1, 0.15) is 18.5 Å². The highest BCUT2D eigenvalue weighted by Gasteiger charge is 2.25. The van der Waals surface area contributed by atoms with Crippen molar-refractivity contribution in [3.63, 3.8) is 0 Å². The molecule has 1 aliphatic rings. The number of ether oxygens (including phenoxy) is 1. The maximum Gasteiger partial charge on any atom is 0.415 e. The molecule has 0 spiro atoms. The summed E-state index contributed by atoms with van der Waals surface area (Å²) >= 11 is 0. The summed E-state index contributed by atoms with van der Waals surface area (Å²) < 4.78 is 6.90. The smallest absolute Gasteiger partial charge is 0.415 e. The van der Waals surface area contributed by atoms with Crippen molar-refractivity contribution in [3.8, 4) is 5.69 Å². The second-order valence-electron chi connectivity index (χ2n) is 5.93. The van der Waals surface area contributed by atoms with E-state index in [0.717, 1.165) is 11.3 Å². The van der Waals surface area contributed by atoms with Gasteiger partial charge in [-0.15, -0.1) is 0 Å². The fraction of sp³-hybridized carbons (Fsp3) is 0.222. The maximum absolute atomic E-state index is 11.7. The summed E-state index contributed by atoms with van der Waals surface area (Å²) in [5.74, 6) is 1.00. The Kier molecular flexibility index (Phi) is 4.22. The van der Waals surface area contributed by atoms with Crippen molar-refractivity contribution in [2.75, 3.05) is 23.4 Å². The highest BCUT2D eigenvalue weighted by atomic mass is 16.6. The fourth-order valence-corrected chi connectivity index (χ4v) is 2.79. The quantitative estimate of drug-likeness (QED) is 0.762. The molecule has 0 radical (unpaired) electrons. The fourth-order valence-electron chi connectivity index (χ4n) is 2.79. The second kappa shape index (κ2) is 6.83. The van der Waals surface area contributed by atoms with Crippen molar-refractivity contribution in [3.05, 3.63) is 60.8 Å². The molecule has 0 bridgehead atoms. The number of rotatable bonds is 5. The topological polar surface area (TPSA) is 85.2 Å². The van der Waals surface area contributed by atoms with Gasteiger partial charge in [0.15, 0.2) is 0 Å². The third-order valence-corrected chi connectivity index (χ3v) is 4.22. The van der Waals surface area contributed by atoms with Crippen LogP contribution in [0.4, 0.5) is 16.6 Å². The van der Waals surface area contributed by atoms with Crippen molar-refractivity contribution in [2.24, 2.45) is 0 Å². The van der Waals surface area contributed by atoms with E-state index in [4.69, 9.17) is 4.74 Å². The van der Waals surface area contributed by atoms with Crippen molar-refractivity contribution in [1.29, 1.82) is 0 Å². The summed E-state index contributed by atoms with van der Waals surface area (Å²) in [4.78, 5) is 25.9. The summed E-state index contributed by atoms with van der Waals surface area (Å²) in [6.07, 6.45) is 6.67. The Morgan fingerprint density at radius 2 is 2.04 bits per heavy atom. The van der Waals surface area contributed by atoms with Crippen molar-refractivity contribution < 1.29 is 9.53 Å². The average Bonchev–Trinajstić information content (AvgIpc) is 3.34. The first-order valence-electron chi connectivity index (χ1n) is 8.33. The van der Waals surface area contributed by atoms with Gasteiger partial charge in [0.05, 0.1) is 18.9 Å². The van der Waals surface area contributed by atoms with Crippen molar-refractivity contribution in [1.82, 2.24) is 19.5 Å². The minimum absolute atomic E-state index is 0.00705. The Morgan fingerprint density at radius 3 is 2.73 bits per heavy atom. The van der Waals surface area contributed by atoms with E-state index < -0.39 is 0 Å². The number of cyclic esters (lactones) is 1. The van der Waals surface area contributed by atoms with E-state index in [9.17, 15) is 4.79 Å². The molecule has 2 aromatic heterocycles. The molecule has 1 saturated heterocycles. The molecule has 3 heterocycles. The lowest BCUT2D eigenvalue weighted by Gasteiger charge is -2.17. The first-order valence-corrected chi connectivity index (χ1v) is 8.33. The number of imidazole rings is 1. The number of hydrogen-bond acceptors (Lipinski definition) is 6. The lowest BCUT2D eigenvalue weighted by Crippen LogP contribution is -2.25. The van der Waals surface area contributed by atoms with Crippen LogP contribution in [0.5, 0.6) is 0 Å². The van der Waals surface area contributed by atoms with Gasteiger partial charge in [-0.25, -0.2) is 14.8 Å². The highest BCUT2D eigenvalue weighted by Crippen LogP contribution is 2.21. The van der Waals surface area contributed by atoms with Gasteiger partial charge in [-0.05, 0) is 30.7 Å². The molecular weight excluding hydrogens is 332 g/mol. The normalized spacial score (nSPS) is 15.0. The number of benzene rings is 1. The van der Waals surface area contributed by atoms with E-state index in [1.165, 1.54) is 4.90 Å². The second-order valence-corrected chi connectivity index (χ2v) is 5.93. The number of anilines is 2. The van der Waals surface area contributed by atoms with Gasteiger partial charge in [-0.2, -0.15) is 4.98 Å². The van der Waals surface area contributed by atoms with Gasteiger partial charge in [0.1, 0.15) is 12.4 Å². The van der Waals surface area contributed by atoms with Gasteiger partial charge < -0.3 is 14.6 Å². The Hall–Kier alpha value is -3.42. The monoisotopic (exact) mass is 350 g/mol. The van der Waals surface area contributed by atoms with Crippen LogP contribution in [-0.2, 0) is 4.74 Å². The molecule has 8 nitrogen and oxygen atoms in total. The minimum Gasteiger partial charge on any atom is -0.447 e. The van der Waals surface area contributed by atoms with Crippen LogP contribution in [0.2, 0.25) is 0 Å². The van der Waals surface area contributed by atoms with Gasteiger partial charge in [0, 0.05) is 24.3 Å². The lowest BCUT2D eigenvalue weighted by molar-refractivity contribution is 0.181. The summed E-state index contributed by atoms with van der Waals surface area (Å²) in [5, 5.41) is 3.27. The zero-order chi connectivity index (χ0) is 17.9. The number of nitrogens with one attached hydrogen (secondary N) is 1. The molecule has 1 unspecified atom stereocenters. The van der Waals surface area contributed by atoms with Crippen LogP contribution >= 0.6 is 0 Å². The zero-order valence-electron chi connectivity index (χ0n) is 14.2. The predicted octanol–water partition coefficient (Wildman–Crippen LogP) is 2.79. The minimum atomic E-state index is -0.377. The van der Waals surface area contributed by atoms with Crippen LogP contribution in [-0.4, -0.2) is 38.8 Å². The number of carbonyl (C=O) groups excluding carboxylic acids is 1. The summed E-state index contributed by atoms with van der Waals surface area (Å²) in [7, 11) is 0. The Bertz CT molecular complexity index is 894. The Labute approximate surface area is 150 Å². The molecule has 1 fully saturated rings. The van der Waals surface area contributed by atoms with Crippen molar-refractivity contribution in [2.45, 2.75) is 13.0 Å². The zero-order valence-corrected chi connectivity index (χ0v) is 14.2. The summed E-state index contributed by atoms with van der Waals surface area (Å²) in [6.45, 7) is 2.91. The van der Waals surface area contributed by atoms with Gasteiger partial charge in [-0.1, -0.05) is 12.1 Å². The Balaban J connectivity index is 1.48. The van der Waals surface area contributed by atoms with E-state index in [2.05, 4.69) is 32.4 Å². The molecule has 1 N–H and O–H groups in total. The molecule has 132 valence electrons. The van der Waals surface area contributed by atoms with Gasteiger partial charge in [0.25, 0.3) is 0 Å². The molecule has 1 aliphatic heterocycles. The number of hydrogen-bond donors (Lipinski definition) is 1. The van der Waals surface area contributed by atoms with Gasteiger partial charge >= 0.3 is 6.09 Å². The molecule has 1 atom stereocenters. The highest BCUT2D eigenvalue weighted by molar-refractivity contribution is 5.88. The van der Waals surface area contributed by atoms with Crippen LogP contribution in [0, 0.1) is 0 Å². The average molecular weight is 350 g/mol. The molecule has 0 aliphatic carbocycles. The molecule has 8 heteroatoms. The molecule has 1 amide bonds. The SMILES string of the molecule is CC(Nc1nccc(N2CCOC2=O)n1)c1ccc(-n2ccnc2)cc1. The summed E-state index contributed by atoms with van der Waals surface area (Å²) in [6, 6.07) is 9.87. The molecule has 1 aromatic carbocycles. The van der Waals surface area contributed by atoms with Crippen LogP contribution in [0.15, 0.2) is 55.2 Å². The van der Waals surface area contributed by atoms with Crippen LogP contribution < -0.4 is 10.2 Å². The molecular formula is C18H18N6O2. The predicted molar refractivity (Wildman–Crippen MR) is 96.3 cm³/mol. The van der Waals surface area contributed by atoms with Gasteiger partial charge in [-0.3, -0.25) is 4.90 Å². The number of aromatic nitrogens is 4. The number of carbonyl (C=O) groups is 1. The molecule has 4 rings (SSSR count). The van der Waals surface area contributed by atoms with E-state index in [0.29, 0.717) is 24.9 Å². The Morgan fingerprint density at radius 1 is 1.19 bits per heavy atom. The lowest BCUT2D eigenvalue weighted by atomic mass is 10.1. The molecule has 3 aromatic rings. The third-order valence-electron chi connectivity index (χ3n) is 4.22. The first-order chi connectivity index (χ1) is 12.7. The third kappa shape index (κ3) is 3.21. The molecule has 26 heavy (non-hydrogen) atoms. The number of nitrogens with zero attached hydrogens (tertiary/aromatic N) is 5. The van der Waals surface area contributed by atoms with E-state index in [-0.39, 0.29) is 12.1 Å². The first kappa shape index (κ1) is 16.1. The van der Waals surface area contributed by atoms with E-state index in [1.807, 2.05) is 29.8 Å². The van der Waals surface area contributed by atoms with E-state index >= 15 is 0 Å². The van der Waals surface area contributed by atoms with Crippen molar-refractivity contribution >= 4 is 17.9 Å². The largest absolute Gasteiger partial charge is 0.447 e. The standard InChI is InChI=1S/C18H18N6O2/c1-13(14-2-4-15(5-3-14)23-9-8-19-12-23)21-17-20-7-6-16(22-17)24-10-11-26-18(24)25/h2-9,12-13H,10-11H2,1H3,(H,20,21,22). The molecule has 0 saturated carbocycles. The maximum atomic E-state index is 11.7. The summed E-state index contributed by atoms with van der Waals surface area (Å²) in [5.41, 5.74) is 2.15. The van der Waals surface area contributed by atoms with E-state index in [1.54, 1.807) is 24.8 Å². The number of amides is 1. The van der Waals surface area contributed by atoms with Gasteiger partial charge in [0.2, 0.25) is 5.95 Å². The van der Waals surface area contributed by atoms with Crippen LogP contribution in [0.3, 0.4) is 0 Å².